The van der Waals surface area contributed by atoms with Crippen molar-refractivity contribution in [1.82, 2.24) is 9.97 Å². The van der Waals surface area contributed by atoms with Crippen LogP contribution < -0.4 is 15.5 Å². The first-order valence-electron chi connectivity index (χ1n) is 8.74. The molecule has 0 bridgehead atoms. The second-order valence-electron chi connectivity index (χ2n) is 6.77. The van der Waals surface area contributed by atoms with Gasteiger partial charge in [0.15, 0.2) is 0 Å². The highest BCUT2D eigenvalue weighted by Gasteiger charge is 2.17. The Morgan fingerprint density at radius 1 is 1.12 bits per heavy atom. The third kappa shape index (κ3) is 4.26. The fraction of sp³-hybridized carbons (Fsp3) is 0.421. The van der Waals surface area contributed by atoms with Crippen LogP contribution >= 0.6 is 0 Å². The Balaban J connectivity index is 1.59. The molecule has 1 aliphatic heterocycles. The van der Waals surface area contributed by atoms with Crippen molar-refractivity contribution in [3.63, 3.8) is 0 Å². The minimum absolute atomic E-state index is 0.295. The Hall–Kier alpha value is -2.63. The zero-order chi connectivity index (χ0) is 17.8. The molecule has 0 aliphatic carbocycles. The number of urea groups is 1. The lowest BCUT2D eigenvalue weighted by atomic mass is 10.00. The minimum atomic E-state index is -0.295. The van der Waals surface area contributed by atoms with Gasteiger partial charge in [0.05, 0.1) is 18.1 Å². The van der Waals surface area contributed by atoms with Gasteiger partial charge in [0, 0.05) is 18.8 Å². The van der Waals surface area contributed by atoms with Gasteiger partial charge in [-0.05, 0) is 49.8 Å². The van der Waals surface area contributed by atoms with Crippen LogP contribution in [0, 0.1) is 19.8 Å². The van der Waals surface area contributed by atoms with E-state index >= 15 is 0 Å². The fourth-order valence-electron chi connectivity index (χ4n) is 2.93. The Bertz CT molecular complexity index is 736. The van der Waals surface area contributed by atoms with Gasteiger partial charge < -0.3 is 15.5 Å². The zero-order valence-corrected chi connectivity index (χ0v) is 15.0. The number of rotatable bonds is 3. The summed E-state index contributed by atoms with van der Waals surface area (Å²) in [5.74, 6) is 1.50. The van der Waals surface area contributed by atoms with E-state index in [-0.39, 0.29) is 6.03 Å². The molecule has 6 heteroatoms. The van der Waals surface area contributed by atoms with Crippen molar-refractivity contribution in [3.8, 4) is 0 Å². The molecule has 0 spiro atoms. The lowest BCUT2D eigenvalue weighted by Gasteiger charge is -2.30. The maximum atomic E-state index is 12.2. The number of hydrogen-bond donors (Lipinski definition) is 2. The van der Waals surface area contributed by atoms with Crippen LogP contribution in [0.25, 0.3) is 0 Å². The van der Waals surface area contributed by atoms with Crippen molar-refractivity contribution < 1.29 is 4.79 Å². The maximum absolute atomic E-state index is 12.2. The molecule has 6 nitrogen and oxygen atoms in total. The van der Waals surface area contributed by atoms with E-state index < -0.39 is 0 Å². The van der Waals surface area contributed by atoms with Crippen LogP contribution in [0.3, 0.4) is 0 Å². The molecular formula is C19H25N5O. The number of carbonyl (C=O) groups excluding carboxylic acids is 1. The molecule has 0 atom stereocenters. The van der Waals surface area contributed by atoms with Gasteiger partial charge in [0.1, 0.15) is 0 Å². The Labute approximate surface area is 148 Å². The number of aromatic nitrogens is 2. The molecule has 1 aromatic carbocycles. The molecule has 2 N–H and O–H groups in total. The topological polar surface area (TPSA) is 70.2 Å². The van der Waals surface area contributed by atoms with Crippen LogP contribution in [0.15, 0.2) is 30.6 Å². The van der Waals surface area contributed by atoms with Gasteiger partial charge in [-0.25, -0.2) is 14.8 Å². The molecule has 1 saturated heterocycles. The largest absolute Gasteiger partial charge is 0.341 e. The maximum Gasteiger partial charge on any atom is 0.323 e. The third-order valence-electron chi connectivity index (χ3n) is 4.82. The fourth-order valence-corrected chi connectivity index (χ4v) is 2.93. The number of piperidine rings is 1. The van der Waals surface area contributed by atoms with Crippen LogP contribution in [0.5, 0.6) is 0 Å². The first-order valence-corrected chi connectivity index (χ1v) is 8.74. The Morgan fingerprint density at radius 3 is 2.48 bits per heavy atom. The van der Waals surface area contributed by atoms with E-state index in [1.54, 1.807) is 12.4 Å². The second kappa shape index (κ2) is 7.51. The standard InChI is InChI=1S/C19H25N5O/c1-13-7-9-24(10-8-13)18-20-11-16(12-21-18)22-19(25)23-17-6-4-5-14(2)15(17)3/h4-6,11-13H,7-10H2,1-3H3,(H2,22,23,25). The van der Waals surface area contributed by atoms with Crippen molar-refractivity contribution in [2.24, 2.45) is 5.92 Å². The van der Waals surface area contributed by atoms with Crippen molar-refractivity contribution in [2.45, 2.75) is 33.6 Å². The molecule has 2 amide bonds. The van der Waals surface area contributed by atoms with E-state index in [9.17, 15) is 4.79 Å². The summed E-state index contributed by atoms with van der Waals surface area (Å²) in [4.78, 5) is 23.2. The minimum Gasteiger partial charge on any atom is -0.341 e. The average Bonchev–Trinajstić information content (AvgIpc) is 2.60. The van der Waals surface area contributed by atoms with E-state index in [4.69, 9.17) is 0 Å². The number of hydrogen-bond acceptors (Lipinski definition) is 4. The third-order valence-corrected chi connectivity index (χ3v) is 4.82. The van der Waals surface area contributed by atoms with Crippen LogP contribution in [0.2, 0.25) is 0 Å². The molecule has 2 heterocycles. The van der Waals surface area contributed by atoms with E-state index in [1.807, 2.05) is 32.0 Å². The predicted octanol–water partition coefficient (Wildman–Crippen LogP) is 3.97. The summed E-state index contributed by atoms with van der Waals surface area (Å²) in [5.41, 5.74) is 3.58. The SMILES string of the molecule is Cc1cccc(NC(=O)Nc2cnc(N3CCC(C)CC3)nc2)c1C. The number of benzene rings is 1. The number of anilines is 3. The van der Waals surface area contributed by atoms with Gasteiger partial charge in [-0.2, -0.15) is 0 Å². The van der Waals surface area contributed by atoms with Crippen molar-refractivity contribution in [1.29, 1.82) is 0 Å². The molecule has 2 aromatic rings. The smallest absolute Gasteiger partial charge is 0.323 e. The lowest BCUT2D eigenvalue weighted by molar-refractivity contribution is 0.262. The molecule has 0 unspecified atom stereocenters. The number of amides is 2. The predicted molar refractivity (Wildman–Crippen MR) is 101 cm³/mol. The number of carbonyl (C=O) groups is 1. The highest BCUT2D eigenvalue weighted by atomic mass is 16.2. The summed E-state index contributed by atoms with van der Waals surface area (Å²) >= 11 is 0. The molecular weight excluding hydrogens is 314 g/mol. The van der Waals surface area contributed by atoms with E-state index in [0.29, 0.717) is 5.69 Å². The van der Waals surface area contributed by atoms with Gasteiger partial charge in [0.25, 0.3) is 0 Å². The average molecular weight is 339 g/mol. The Morgan fingerprint density at radius 2 is 1.80 bits per heavy atom. The monoisotopic (exact) mass is 339 g/mol. The van der Waals surface area contributed by atoms with Crippen molar-refractivity contribution in [3.05, 3.63) is 41.7 Å². The summed E-state index contributed by atoms with van der Waals surface area (Å²) < 4.78 is 0. The number of nitrogens with zero attached hydrogens (tertiary/aromatic N) is 3. The first-order chi connectivity index (χ1) is 12.0. The molecule has 1 aliphatic rings. The quantitative estimate of drug-likeness (QED) is 0.887. The molecule has 132 valence electrons. The second-order valence-corrected chi connectivity index (χ2v) is 6.77. The summed E-state index contributed by atoms with van der Waals surface area (Å²) in [5, 5.41) is 5.65. The molecule has 3 rings (SSSR count). The highest BCUT2D eigenvalue weighted by Crippen LogP contribution is 2.21. The van der Waals surface area contributed by atoms with E-state index in [0.717, 1.165) is 41.8 Å². The van der Waals surface area contributed by atoms with E-state index in [2.05, 4.69) is 32.4 Å². The highest BCUT2D eigenvalue weighted by molar-refractivity contribution is 6.00. The van der Waals surface area contributed by atoms with Gasteiger partial charge in [-0.3, -0.25) is 0 Å². The summed E-state index contributed by atoms with van der Waals surface area (Å²) in [6.45, 7) is 8.26. The summed E-state index contributed by atoms with van der Waals surface area (Å²) in [6, 6.07) is 5.54. The number of nitrogens with one attached hydrogen (secondary N) is 2. The van der Waals surface area contributed by atoms with Gasteiger partial charge >= 0.3 is 6.03 Å². The van der Waals surface area contributed by atoms with Crippen molar-refractivity contribution in [2.75, 3.05) is 28.6 Å². The normalized spacial score (nSPS) is 15.1. The van der Waals surface area contributed by atoms with Gasteiger partial charge in [-0.1, -0.05) is 19.1 Å². The first kappa shape index (κ1) is 17.2. The summed E-state index contributed by atoms with van der Waals surface area (Å²) in [6.07, 6.45) is 5.65. The molecule has 1 aromatic heterocycles. The van der Waals surface area contributed by atoms with E-state index in [1.165, 1.54) is 12.8 Å². The Kier molecular flexibility index (Phi) is 5.16. The van der Waals surface area contributed by atoms with Crippen LogP contribution in [0.1, 0.15) is 30.9 Å². The molecule has 25 heavy (non-hydrogen) atoms. The molecule has 1 fully saturated rings. The van der Waals surface area contributed by atoms with Crippen LogP contribution in [-0.2, 0) is 0 Å². The van der Waals surface area contributed by atoms with Gasteiger partial charge in [-0.15, -0.1) is 0 Å². The molecule has 0 saturated carbocycles. The lowest BCUT2D eigenvalue weighted by Crippen LogP contribution is -2.34. The summed E-state index contributed by atoms with van der Waals surface area (Å²) in [7, 11) is 0. The molecule has 0 radical (unpaired) electrons. The zero-order valence-electron chi connectivity index (χ0n) is 15.0. The van der Waals surface area contributed by atoms with Crippen molar-refractivity contribution >= 4 is 23.4 Å². The van der Waals surface area contributed by atoms with Gasteiger partial charge in [0.2, 0.25) is 5.95 Å². The van der Waals surface area contributed by atoms with Crippen LogP contribution in [0.4, 0.5) is 22.1 Å². The van der Waals surface area contributed by atoms with Crippen LogP contribution in [-0.4, -0.2) is 29.1 Å². The number of aryl methyl sites for hydroxylation is 1.